The lowest BCUT2D eigenvalue weighted by molar-refractivity contribution is 0.0631. The summed E-state index contributed by atoms with van der Waals surface area (Å²) in [7, 11) is 0. The molecule has 3 aromatic rings. The first kappa shape index (κ1) is 21.8. The number of benzene rings is 2. The van der Waals surface area contributed by atoms with E-state index in [9.17, 15) is 9.18 Å². The minimum absolute atomic E-state index is 0.0458. The molecule has 1 amide bonds. The Balaban J connectivity index is 1.29. The minimum Gasteiger partial charge on any atom is -0.489 e. The SMILES string of the molecule is Cc1cc(Cl)ccc1OCc1csc(C(=O)N2CCN(Cc3ccccc3F)CC2)c1. The van der Waals surface area contributed by atoms with E-state index in [0.29, 0.717) is 41.7 Å². The van der Waals surface area contributed by atoms with Crippen LogP contribution < -0.4 is 4.74 Å². The Morgan fingerprint density at radius 1 is 1.13 bits per heavy atom. The van der Waals surface area contributed by atoms with Crippen molar-refractivity contribution < 1.29 is 13.9 Å². The van der Waals surface area contributed by atoms with E-state index in [1.54, 1.807) is 12.1 Å². The van der Waals surface area contributed by atoms with Crippen LogP contribution in [0.4, 0.5) is 4.39 Å². The van der Waals surface area contributed by atoms with Crippen LogP contribution in [0.5, 0.6) is 5.75 Å². The van der Waals surface area contributed by atoms with Gasteiger partial charge in [-0.15, -0.1) is 11.3 Å². The van der Waals surface area contributed by atoms with Crippen molar-refractivity contribution in [2.24, 2.45) is 0 Å². The van der Waals surface area contributed by atoms with E-state index < -0.39 is 0 Å². The Morgan fingerprint density at radius 2 is 1.90 bits per heavy atom. The van der Waals surface area contributed by atoms with Crippen LogP contribution >= 0.6 is 22.9 Å². The number of nitrogens with zero attached hydrogens (tertiary/aromatic N) is 2. The van der Waals surface area contributed by atoms with E-state index in [1.165, 1.54) is 17.4 Å². The molecule has 0 aliphatic carbocycles. The third kappa shape index (κ3) is 5.45. The Morgan fingerprint density at radius 3 is 2.65 bits per heavy atom. The van der Waals surface area contributed by atoms with Crippen LogP contribution in [0.25, 0.3) is 0 Å². The largest absolute Gasteiger partial charge is 0.489 e. The topological polar surface area (TPSA) is 32.8 Å². The number of thiophene rings is 1. The Labute approximate surface area is 190 Å². The molecule has 2 aromatic carbocycles. The number of carbonyl (C=O) groups is 1. The average molecular weight is 459 g/mol. The molecule has 0 atom stereocenters. The second-order valence-corrected chi connectivity index (χ2v) is 9.03. The summed E-state index contributed by atoms with van der Waals surface area (Å²) in [5.74, 6) is 0.655. The lowest BCUT2D eigenvalue weighted by atomic mass is 10.2. The van der Waals surface area contributed by atoms with E-state index in [1.807, 2.05) is 47.5 Å². The number of piperazine rings is 1. The number of rotatable bonds is 6. The second kappa shape index (κ2) is 9.81. The summed E-state index contributed by atoms with van der Waals surface area (Å²) < 4.78 is 19.8. The molecule has 7 heteroatoms. The van der Waals surface area contributed by atoms with Gasteiger partial charge in [-0.1, -0.05) is 29.8 Å². The fourth-order valence-electron chi connectivity index (χ4n) is 3.63. The lowest BCUT2D eigenvalue weighted by Gasteiger charge is -2.34. The highest BCUT2D eigenvalue weighted by atomic mass is 35.5. The molecule has 4 nitrogen and oxygen atoms in total. The zero-order valence-electron chi connectivity index (χ0n) is 17.3. The highest BCUT2D eigenvalue weighted by Crippen LogP contribution is 2.24. The number of ether oxygens (including phenoxy) is 1. The maximum absolute atomic E-state index is 13.9. The third-order valence-corrected chi connectivity index (χ3v) is 6.61. The molecule has 0 unspecified atom stereocenters. The van der Waals surface area contributed by atoms with Gasteiger partial charge in [-0.25, -0.2) is 4.39 Å². The fourth-order valence-corrected chi connectivity index (χ4v) is 4.72. The zero-order chi connectivity index (χ0) is 21.8. The van der Waals surface area contributed by atoms with Gasteiger partial charge in [-0.05, 0) is 48.2 Å². The Bertz CT molecular complexity index is 1060. The summed E-state index contributed by atoms with van der Waals surface area (Å²) in [5, 5.41) is 2.65. The number of hydrogen-bond acceptors (Lipinski definition) is 4. The van der Waals surface area contributed by atoms with E-state index in [-0.39, 0.29) is 11.7 Å². The van der Waals surface area contributed by atoms with Crippen LogP contribution in [0, 0.1) is 12.7 Å². The first-order chi connectivity index (χ1) is 15.0. The van der Waals surface area contributed by atoms with Crippen molar-refractivity contribution >= 4 is 28.8 Å². The number of halogens is 2. The maximum Gasteiger partial charge on any atom is 0.264 e. The smallest absolute Gasteiger partial charge is 0.264 e. The van der Waals surface area contributed by atoms with Gasteiger partial charge in [-0.2, -0.15) is 0 Å². The molecule has 1 saturated heterocycles. The summed E-state index contributed by atoms with van der Waals surface area (Å²) in [6.07, 6.45) is 0. The summed E-state index contributed by atoms with van der Waals surface area (Å²) in [4.78, 5) is 17.7. The number of amides is 1. The van der Waals surface area contributed by atoms with Crippen molar-refractivity contribution in [2.75, 3.05) is 26.2 Å². The van der Waals surface area contributed by atoms with Gasteiger partial charge in [0, 0.05) is 48.9 Å². The van der Waals surface area contributed by atoms with Crippen LogP contribution in [0.1, 0.15) is 26.4 Å². The van der Waals surface area contributed by atoms with E-state index >= 15 is 0 Å². The minimum atomic E-state index is -0.178. The zero-order valence-corrected chi connectivity index (χ0v) is 18.9. The molecule has 1 aliphatic heterocycles. The molecule has 4 rings (SSSR count). The first-order valence-electron chi connectivity index (χ1n) is 10.2. The normalized spacial score (nSPS) is 14.6. The predicted molar refractivity (Wildman–Crippen MR) is 122 cm³/mol. The van der Waals surface area contributed by atoms with Gasteiger partial charge >= 0.3 is 0 Å². The molecular weight excluding hydrogens is 435 g/mol. The predicted octanol–water partition coefficient (Wildman–Crippen LogP) is 5.39. The van der Waals surface area contributed by atoms with E-state index in [2.05, 4.69) is 4.90 Å². The van der Waals surface area contributed by atoms with Gasteiger partial charge < -0.3 is 9.64 Å². The summed E-state index contributed by atoms with van der Waals surface area (Å²) in [5.41, 5.74) is 2.65. The molecule has 0 spiro atoms. The number of carbonyl (C=O) groups excluding carboxylic acids is 1. The van der Waals surface area contributed by atoms with Gasteiger partial charge in [0.2, 0.25) is 0 Å². The third-order valence-electron chi connectivity index (χ3n) is 5.41. The average Bonchev–Trinajstić information content (AvgIpc) is 3.24. The Kier molecular flexibility index (Phi) is 6.90. The molecule has 31 heavy (non-hydrogen) atoms. The molecule has 1 aromatic heterocycles. The number of hydrogen-bond donors (Lipinski definition) is 0. The van der Waals surface area contributed by atoms with Crippen molar-refractivity contribution in [3.63, 3.8) is 0 Å². The summed E-state index contributed by atoms with van der Waals surface area (Å²) in [6.45, 7) is 5.67. The quantitative estimate of drug-likeness (QED) is 0.496. The van der Waals surface area contributed by atoms with Crippen molar-refractivity contribution in [3.8, 4) is 5.75 Å². The van der Waals surface area contributed by atoms with Gasteiger partial charge in [0.05, 0.1) is 4.88 Å². The molecule has 0 N–H and O–H groups in total. The molecule has 1 fully saturated rings. The van der Waals surface area contributed by atoms with Crippen LogP contribution in [0.2, 0.25) is 5.02 Å². The molecule has 162 valence electrons. The molecular formula is C24H24ClFN2O2S. The first-order valence-corrected chi connectivity index (χ1v) is 11.5. The van der Waals surface area contributed by atoms with Crippen molar-refractivity contribution in [2.45, 2.75) is 20.1 Å². The fraction of sp³-hybridized carbons (Fsp3) is 0.292. The second-order valence-electron chi connectivity index (χ2n) is 7.68. The molecule has 0 radical (unpaired) electrons. The summed E-state index contributed by atoms with van der Waals surface area (Å²) >= 11 is 7.43. The van der Waals surface area contributed by atoms with Gasteiger partial charge in [0.25, 0.3) is 5.91 Å². The standard InChI is InChI=1S/C24H24ClFN2O2S/c1-17-12-20(25)6-7-22(17)30-15-18-13-23(31-16-18)24(29)28-10-8-27(9-11-28)14-19-4-2-3-5-21(19)26/h2-7,12-13,16H,8-11,14-15H2,1H3. The lowest BCUT2D eigenvalue weighted by Crippen LogP contribution is -2.48. The molecule has 0 saturated carbocycles. The highest BCUT2D eigenvalue weighted by Gasteiger charge is 2.23. The van der Waals surface area contributed by atoms with Crippen LogP contribution in [-0.4, -0.2) is 41.9 Å². The monoisotopic (exact) mass is 458 g/mol. The van der Waals surface area contributed by atoms with E-state index in [0.717, 1.165) is 30.0 Å². The van der Waals surface area contributed by atoms with Crippen molar-refractivity contribution in [1.82, 2.24) is 9.80 Å². The maximum atomic E-state index is 13.9. The molecule has 0 bridgehead atoms. The van der Waals surface area contributed by atoms with Gasteiger partial charge in [0.1, 0.15) is 18.2 Å². The molecule has 1 aliphatic rings. The summed E-state index contributed by atoms with van der Waals surface area (Å²) in [6, 6.07) is 14.3. The van der Waals surface area contributed by atoms with E-state index in [4.69, 9.17) is 16.3 Å². The van der Waals surface area contributed by atoms with Crippen LogP contribution in [0.3, 0.4) is 0 Å². The van der Waals surface area contributed by atoms with Crippen molar-refractivity contribution in [3.05, 3.63) is 86.3 Å². The van der Waals surface area contributed by atoms with Crippen LogP contribution in [0.15, 0.2) is 53.9 Å². The number of aryl methyl sites for hydroxylation is 1. The van der Waals surface area contributed by atoms with Gasteiger partial charge in [-0.3, -0.25) is 9.69 Å². The molecule has 2 heterocycles. The van der Waals surface area contributed by atoms with Crippen molar-refractivity contribution in [1.29, 1.82) is 0 Å². The highest BCUT2D eigenvalue weighted by molar-refractivity contribution is 7.12. The Hall–Kier alpha value is -2.41. The van der Waals surface area contributed by atoms with Crippen LogP contribution in [-0.2, 0) is 13.2 Å². The van der Waals surface area contributed by atoms with Gasteiger partial charge in [0.15, 0.2) is 0 Å².